The molecular weight excluding hydrogens is 268 g/mol. The molecule has 114 valence electrons. The molecule has 1 atom stereocenters. The third-order valence-electron chi connectivity index (χ3n) is 3.67. The van der Waals surface area contributed by atoms with Gasteiger partial charge in [0.25, 0.3) is 0 Å². The fourth-order valence-electron chi connectivity index (χ4n) is 2.64. The zero-order chi connectivity index (χ0) is 15.0. The predicted octanol–water partition coefficient (Wildman–Crippen LogP) is 2.33. The summed E-state index contributed by atoms with van der Waals surface area (Å²) >= 11 is 0. The highest BCUT2D eigenvalue weighted by molar-refractivity contribution is 5.69. The molecule has 1 fully saturated rings. The standard InChI is InChI=1S/C16H22N2O3/c1-16(2,3)21-15(19)18-8-11(9-18)17-13-10-20-14-7-5-4-6-12(13)14/h4-7,11,13,17H,8-10H2,1-3H3. The van der Waals surface area contributed by atoms with E-state index in [1.165, 1.54) is 5.56 Å². The summed E-state index contributed by atoms with van der Waals surface area (Å²) in [7, 11) is 0. The van der Waals surface area contributed by atoms with Crippen molar-refractivity contribution in [3.63, 3.8) is 0 Å². The summed E-state index contributed by atoms with van der Waals surface area (Å²) < 4.78 is 11.0. The lowest BCUT2D eigenvalue weighted by Crippen LogP contribution is -2.61. The second kappa shape index (κ2) is 5.22. The molecule has 5 heteroatoms. The second-order valence-corrected chi connectivity index (χ2v) is 6.65. The average Bonchev–Trinajstić information content (AvgIpc) is 2.74. The van der Waals surface area contributed by atoms with E-state index >= 15 is 0 Å². The lowest BCUT2D eigenvalue weighted by Gasteiger charge is -2.41. The van der Waals surface area contributed by atoms with E-state index in [-0.39, 0.29) is 12.1 Å². The third-order valence-corrected chi connectivity index (χ3v) is 3.67. The molecule has 0 aliphatic carbocycles. The molecular formula is C16H22N2O3. The fraction of sp³-hybridized carbons (Fsp3) is 0.562. The fourth-order valence-corrected chi connectivity index (χ4v) is 2.64. The van der Waals surface area contributed by atoms with Crippen LogP contribution < -0.4 is 10.1 Å². The van der Waals surface area contributed by atoms with Gasteiger partial charge in [0, 0.05) is 24.7 Å². The Bertz CT molecular complexity index is 533. The summed E-state index contributed by atoms with van der Waals surface area (Å²) in [4.78, 5) is 13.6. The quantitative estimate of drug-likeness (QED) is 0.908. The molecule has 5 nitrogen and oxygen atoms in total. The number of likely N-dealkylation sites (tertiary alicyclic amines) is 1. The van der Waals surface area contributed by atoms with Gasteiger partial charge in [-0.05, 0) is 26.8 Å². The van der Waals surface area contributed by atoms with Crippen LogP contribution in [0.2, 0.25) is 0 Å². The van der Waals surface area contributed by atoms with Gasteiger partial charge in [-0.15, -0.1) is 0 Å². The van der Waals surface area contributed by atoms with Gasteiger partial charge < -0.3 is 19.7 Å². The molecule has 1 amide bonds. The highest BCUT2D eigenvalue weighted by Gasteiger charge is 2.36. The number of para-hydroxylation sites is 1. The number of nitrogens with zero attached hydrogens (tertiary/aromatic N) is 1. The summed E-state index contributed by atoms with van der Waals surface area (Å²) in [5.74, 6) is 0.957. The highest BCUT2D eigenvalue weighted by Crippen LogP contribution is 2.32. The Balaban J connectivity index is 1.49. The van der Waals surface area contributed by atoms with Crippen LogP contribution in [-0.4, -0.2) is 42.3 Å². The number of nitrogens with one attached hydrogen (secondary N) is 1. The first-order valence-electron chi connectivity index (χ1n) is 7.38. The van der Waals surface area contributed by atoms with Gasteiger partial charge in [0.05, 0.1) is 6.04 Å². The van der Waals surface area contributed by atoms with E-state index in [1.807, 2.05) is 39.0 Å². The Hall–Kier alpha value is -1.75. The molecule has 0 saturated carbocycles. The molecule has 2 aliphatic rings. The van der Waals surface area contributed by atoms with Gasteiger partial charge in [0.15, 0.2) is 0 Å². The number of carbonyl (C=O) groups excluding carboxylic acids is 1. The van der Waals surface area contributed by atoms with E-state index in [2.05, 4.69) is 11.4 Å². The van der Waals surface area contributed by atoms with Crippen LogP contribution in [0.4, 0.5) is 4.79 Å². The minimum atomic E-state index is -0.437. The summed E-state index contributed by atoms with van der Waals surface area (Å²) in [5, 5.41) is 3.54. The third kappa shape index (κ3) is 3.13. The van der Waals surface area contributed by atoms with Crippen LogP contribution in [0.5, 0.6) is 5.75 Å². The molecule has 0 spiro atoms. The van der Waals surface area contributed by atoms with E-state index in [9.17, 15) is 4.79 Å². The smallest absolute Gasteiger partial charge is 0.410 e. The van der Waals surface area contributed by atoms with Crippen molar-refractivity contribution in [2.45, 2.75) is 38.5 Å². The minimum Gasteiger partial charge on any atom is -0.491 e. The maximum Gasteiger partial charge on any atom is 0.410 e. The largest absolute Gasteiger partial charge is 0.491 e. The lowest BCUT2D eigenvalue weighted by molar-refractivity contribution is 0.00392. The van der Waals surface area contributed by atoms with Gasteiger partial charge in [-0.2, -0.15) is 0 Å². The van der Waals surface area contributed by atoms with Crippen molar-refractivity contribution >= 4 is 6.09 Å². The zero-order valence-corrected chi connectivity index (χ0v) is 12.8. The summed E-state index contributed by atoms with van der Waals surface area (Å²) in [6, 6.07) is 8.60. The molecule has 0 radical (unpaired) electrons. The van der Waals surface area contributed by atoms with Crippen molar-refractivity contribution in [1.82, 2.24) is 10.2 Å². The predicted molar refractivity (Wildman–Crippen MR) is 79.4 cm³/mol. The molecule has 1 aromatic carbocycles. The highest BCUT2D eigenvalue weighted by atomic mass is 16.6. The number of amides is 1. The van der Waals surface area contributed by atoms with Crippen LogP contribution in [-0.2, 0) is 4.74 Å². The van der Waals surface area contributed by atoms with Gasteiger partial charge >= 0.3 is 6.09 Å². The van der Waals surface area contributed by atoms with Crippen LogP contribution in [0.1, 0.15) is 32.4 Å². The van der Waals surface area contributed by atoms with Crippen LogP contribution in [0, 0.1) is 0 Å². The topological polar surface area (TPSA) is 50.8 Å². The molecule has 1 N–H and O–H groups in total. The van der Waals surface area contributed by atoms with Crippen molar-refractivity contribution in [1.29, 1.82) is 0 Å². The number of fused-ring (bicyclic) bond motifs is 1. The van der Waals surface area contributed by atoms with Crippen LogP contribution in [0.15, 0.2) is 24.3 Å². The van der Waals surface area contributed by atoms with Crippen molar-refractivity contribution in [2.24, 2.45) is 0 Å². The van der Waals surface area contributed by atoms with Crippen LogP contribution >= 0.6 is 0 Å². The number of rotatable bonds is 2. The molecule has 21 heavy (non-hydrogen) atoms. The van der Waals surface area contributed by atoms with Gasteiger partial charge in [-0.1, -0.05) is 18.2 Å². The molecule has 0 bridgehead atoms. The van der Waals surface area contributed by atoms with E-state index < -0.39 is 5.60 Å². The zero-order valence-electron chi connectivity index (χ0n) is 12.8. The lowest BCUT2D eigenvalue weighted by atomic mass is 10.0. The van der Waals surface area contributed by atoms with Gasteiger partial charge in [-0.3, -0.25) is 0 Å². The second-order valence-electron chi connectivity index (χ2n) is 6.65. The molecule has 1 saturated heterocycles. The molecule has 3 rings (SSSR count). The normalized spacial score (nSPS) is 21.5. The van der Waals surface area contributed by atoms with E-state index in [4.69, 9.17) is 9.47 Å². The van der Waals surface area contributed by atoms with Crippen molar-refractivity contribution in [3.8, 4) is 5.75 Å². The molecule has 1 unspecified atom stereocenters. The minimum absolute atomic E-state index is 0.215. The summed E-state index contributed by atoms with van der Waals surface area (Å²) in [5.41, 5.74) is 0.765. The molecule has 2 heterocycles. The number of hydrogen-bond donors (Lipinski definition) is 1. The van der Waals surface area contributed by atoms with Gasteiger partial charge in [0.2, 0.25) is 0 Å². The monoisotopic (exact) mass is 290 g/mol. The van der Waals surface area contributed by atoms with E-state index in [1.54, 1.807) is 4.90 Å². The van der Waals surface area contributed by atoms with E-state index in [0.29, 0.717) is 25.7 Å². The van der Waals surface area contributed by atoms with Gasteiger partial charge in [0.1, 0.15) is 18.0 Å². The number of ether oxygens (including phenoxy) is 2. The number of benzene rings is 1. The Morgan fingerprint density at radius 3 is 2.76 bits per heavy atom. The van der Waals surface area contributed by atoms with Crippen molar-refractivity contribution in [3.05, 3.63) is 29.8 Å². The van der Waals surface area contributed by atoms with E-state index in [0.717, 1.165) is 5.75 Å². The summed E-state index contributed by atoms with van der Waals surface area (Å²) in [6.45, 7) is 7.68. The Kier molecular flexibility index (Phi) is 3.53. The number of carbonyl (C=O) groups is 1. The Morgan fingerprint density at radius 2 is 2.05 bits per heavy atom. The molecule has 1 aromatic rings. The summed E-state index contributed by atoms with van der Waals surface area (Å²) in [6.07, 6.45) is -0.233. The average molecular weight is 290 g/mol. The number of hydrogen-bond acceptors (Lipinski definition) is 4. The first-order valence-corrected chi connectivity index (χ1v) is 7.38. The molecule has 0 aromatic heterocycles. The van der Waals surface area contributed by atoms with Crippen LogP contribution in [0.3, 0.4) is 0 Å². The first-order chi connectivity index (χ1) is 9.92. The maximum atomic E-state index is 11.9. The SMILES string of the molecule is CC(C)(C)OC(=O)N1CC(NC2COc3ccccc32)C1. The Labute approximate surface area is 125 Å². The maximum absolute atomic E-state index is 11.9. The van der Waals surface area contributed by atoms with Gasteiger partial charge in [-0.25, -0.2) is 4.79 Å². The van der Waals surface area contributed by atoms with Crippen LogP contribution in [0.25, 0.3) is 0 Å². The van der Waals surface area contributed by atoms with Crippen molar-refractivity contribution < 1.29 is 14.3 Å². The Morgan fingerprint density at radius 1 is 1.33 bits per heavy atom. The molecule has 2 aliphatic heterocycles. The first kappa shape index (κ1) is 14.2. The van der Waals surface area contributed by atoms with Crippen molar-refractivity contribution in [2.75, 3.05) is 19.7 Å².